The lowest BCUT2D eigenvalue weighted by molar-refractivity contribution is -0.155. The number of hydrogen-bond donors (Lipinski definition) is 1. The number of hydrogen-bond acceptors (Lipinski definition) is 3. The fourth-order valence-corrected chi connectivity index (χ4v) is 7.39. The summed E-state index contributed by atoms with van der Waals surface area (Å²) >= 11 is 0. The van der Waals surface area contributed by atoms with Crippen LogP contribution in [0.15, 0.2) is 30.3 Å². The predicted molar refractivity (Wildman–Crippen MR) is 100 cm³/mol. The van der Waals surface area contributed by atoms with Gasteiger partial charge in [0.1, 0.15) is 0 Å². The summed E-state index contributed by atoms with van der Waals surface area (Å²) < 4.78 is 0. The lowest BCUT2D eigenvalue weighted by Gasteiger charge is -2.60. The highest BCUT2D eigenvalue weighted by molar-refractivity contribution is 5.94. The molecular weight excluding hydrogens is 338 g/mol. The predicted octanol–water partition coefficient (Wildman–Crippen LogP) is 1.49. The van der Waals surface area contributed by atoms with Crippen LogP contribution in [0.4, 0.5) is 0 Å². The Balaban J connectivity index is 0.980. The molecule has 1 saturated heterocycles. The summed E-state index contributed by atoms with van der Waals surface area (Å²) in [6.45, 7) is 4.41. The summed E-state index contributed by atoms with van der Waals surface area (Å²) in [6.07, 6.45) is 3.71. The van der Waals surface area contributed by atoms with E-state index < -0.39 is 0 Å². The van der Waals surface area contributed by atoms with Crippen molar-refractivity contribution >= 4 is 11.8 Å². The molecule has 1 aromatic rings. The normalized spacial score (nSPS) is 40.6. The van der Waals surface area contributed by atoms with Gasteiger partial charge in [-0.3, -0.25) is 14.5 Å². The van der Waals surface area contributed by atoms with Gasteiger partial charge in [-0.25, -0.2) is 0 Å². The van der Waals surface area contributed by atoms with Gasteiger partial charge in [-0.15, -0.1) is 0 Å². The van der Waals surface area contributed by atoms with Gasteiger partial charge in [-0.05, 0) is 48.0 Å². The zero-order chi connectivity index (χ0) is 18.2. The first-order chi connectivity index (χ1) is 13.2. The average Bonchev–Trinajstić information content (AvgIpc) is 3.27. The van der Waals surface area contributed by atoms with Crippen molar-refractivity contribution in [2.24, 2.45) is 28.6 Å². The van der Waals surface area contributed by atoms with Crippen molar-refractivity contribution in [1.82, 2.24) is 15.1 Å². The van der Waals surface area contributed by atoms with Gasteiger partial charge < -0.3 is 10.2 Å². The molecular formula is C22H27N3O2. The van der Waals surface area contributed by atoms with E-state index in [9.17, 15) is 9.59 Å². The van der Waals surface area contributed by atoms with E-state index in [-0.39, 0.29) is 23.8 Å². The molecule has 1 heterocycles. The summed E-state index contributed by atoms with van der Waals surface area (Å²) in [7, 11) is 0. The van der Waals surface area contributed by atoms with Gasteiger partial charge in [0, 0.05) is 32.7 Å². The molecule has 1 N–H and O–H groups in total. The second-order valence-electron chi connectivity index (χ2n) is 9.35. The maximum Gasteiger partial charge on any atom is 0.242 e. The molecule has 5 heteroatoms. The number of nitrogens with zero attached hydrogens (tertiary/aromatic N) is 2. The van der Waals surface area contributed by atoms with Gasteiger partial charge >= 0.3 is 0 Å². The van der Waals surface area contributed by atoms with Crippen molar-refractivity contribution in [3.05, 3.63) is 35.9 Å². The first-order valence-electron chi connectivity index (χ1n) is 10.5. The molecule has 27 heavy (non-hydrogen) atoms. The highest BCUT2D eigenvalue weighted by atomic mass is 16.2. The Morgan fingerprint density at radius 3 is 2.48 bits per heavy atom. The number of fused-ring (bicyclic) bond motifs is 1. The maximum absolute atomic E-state index is 12.8. The molecule has 6 rings (SSSR count). The van der Waals surface area contributed by atoms with E-state index in [0.29, 0.717) is 11.3 Å². The van der Waals surface area contributed by atoms with Crippen molar-refractivity contribution in [2.45, 2.75) is 25.8 Å². The summed E-state index contributed by atoms with van der Waals surface area (Å²) in [6, 6.07) is 10.5. The van der Waals surface area contributed by atoms with Crippen molar-refractivity contribution < 1.29 is 9.59 Å². The Kier molecular flexibility index (Phi) is 3.19. The quantitative estimate of drug-likeness (QED) is 0.860. The van der Waals surface area contributed by atoms with Gasteiger partial charge in [-0.1, -0.05) is 30.3 Å². The monoisotopic (exact) mass is 365 g/mol. The zero-order valence-corrected chi connectivity index (χ0v) is 15.7. The lowest BCUT2D eigenvalue weighted by Crippen LogP contribution is -2.58. The number of carbonyl (C=O) groups excluding carboxylic acids is 2. The number of rotatable bonds is 5. The van der Waals surface area contributed by atoms with Crippen molar-refractivity contribution in [3.8, 4) is 0 Å². The van der Waals surface area contributed by atoms with E-state index >= 15 is 0 Å². The van der Waals surface area contributed by atoms with E-state index in [1.54, 1.807) is 0 Å². The van der Waals surface area contributed by atoms with Crippen LogP contribution in [0.2, 0.25) is 0 Å². The minimum Gasteiger partial charge on any atom is -0.347 e. The molecule has 5 atom stereocenters. The topological polar surface area (TPSA) is 52.7 Å². The van der Waals surface area contributed by atoms with Gasteiger partial charge in [0.15, 0.2) is 0 Å². The molecule has 1 spiro atoms. The van der Waals surface area contributed by atoms with Crippen LogP contribution >= 0.6 is 0 Å². The third-order valence-electron chi connectivity index (χ3n) is 8.65. The van der Waals surface area contributed by atoms with Crippen LogP contribution < -0.4 is 5.32 Å². The highest BCUT2D eigenvalue weighted by Gasteiger charge is 2.99. The van der Waals surface area contributed by atoms with Crippen LogP contribution in [-0.4, -0.2) is 54.3 Å². The Morgan fingerprint density at radius 1 is 1.04 bits per heavy atom. The Morgan fingerprint density at radius 2 is 1.81 bits per heavy atom. The standard InChI is InChI=1S/C22H27N3O2/c26-19(25-8-6-24(7-9-25)14-15-4-2-1-3-5-15)13-23-20(27)21-12-17-10-16-11-18(21)22(16,17)21/h1-5,16-18H,6-14H2,(H,23,27). The third kappa shape index (κ3) is 1.89. The van der Waals surface area contributed by atoms with Crippen LogP contribution in [0.25, 0.3) is 0 Å². The van der Waals surface area contributed by atoms with Crippen LogP contribution in [-0.2, 0) is 16.1 Å². The summed E-state index contributed by atoms with van der Waals surface area (Å²) in [5, 5.41) is 3.01. The molecule has 5 fully saturated rings. The van der Waals surface area contributed by atoms with Crippen molar-refractivity contribution in [3.63, 3.8) is 0 Å². The molecule has 0 aromatic heterocycles. The van der Waals surface area contributed by atoms with Gasteiger partial charge in [0.25, 0.3) is 0 Å². The first kappa shape index (κ1) is 16.1. The van der Waals surface area contributed by atoms with E-state index in [1.807, 2.05) is 11.0 Å². The fraction of sp³-hybridized carbons (Fsp3) is 0.636. The lowest BCUT2D eigenvalue weighted by atomic mass is 9.44. The third-order valence-corrected chi connectivity index (χ3v) is 8.65. The second-order valence-corrected chi connectivity index (χ2v) is 9.35. The van der Waals surface area contributed by atoms with Gasteiger partial charge in [0.2, 0.25) is 11.8 Å². The fourth-order valence-electron chi connectivity index (χ4n) is 7.39. The Labute approximate surface area is 160 Å². The molecule has 4 aliphatic carbocycles. The minimum atomic E-state index is -0.0464. The summed E-state index contributed by atoms with van der Waals surface area (Å²) in [5.74, 6) is 2.58. The molecule has 1 aromatic carbocycles. The Hall–Kier alpha value is -1.88. The highest BCUT2D eigenvalue weighted by Crippen LogP contribution is 3.01. The van der Waals surface area contributed by atoms with Gasteiger partial charge in [-0.2, -0.15) is 0 Å². The molecule has 5 aliphatic rings. The molecule has 5 unspecified atom stereocenters. The molecule has 2 amide bonds. The van der Waals surface area contributed by atoms with Crippen LogP contribution in [0.5, 0.6) is 0 Å². The van der Waals surface area contributed by atoms with Crippen molar-refractivity contribution in [1.29, 1.82) is 0 Å². The number of amides is 2. The summed E-state index contributed by atoms with van der Waals surface area (Å²) in [5.41, 5.74) is 1.69. The zero-order valence-electron chi connectivity index (χ0n) is 15.7. The van der Waals surface area contributed by atoms with Crippen molar-refractivity contribution in [2.75, 3.05) is 32.7 Å². The SMILES string of the molecule is O=C(CNC(=O)C12CC3CC4CC1C432)N1CCN(Cc2ccccc2)CC1. The first-order valence-corrected chi connectivity index (χ1v) is 10.5. The van der Waals surface area contributed by atoms with E-state index in [4.69, 9.17) is 0 Å². The molecule has 142 valence electrons. The van der Waals surface area contributed by atoms with E-state index in [0.717, 1.165) is 51.0 Å². The summed E-state index contributed by atoms with van der Waals surface area (Å²) in [4.78, 5) is 29.6. The van der Waals surface area contributed by atoms with Crippen LogP contribution in [0.1, 0.15) is 24.8 Å². The maximum atomic E-state index is 12.8. The number of nitrogens with one attached hydrogen (secondary N) is 1. The van der Waals surface area contributed by atoms with Crippen LogP contribution in [0, 0.1) is 28.6 Å². The molecule has 4 saturated carbocycles. The molecule has 1 aliphatic heterocycles. The van der Waals surface area contributed by atoms with E-state index in [2.05, 4.69) is 34.5 Å². The van der Waals surface area contributed by atoms with Crippen LogP contribution in [0.3, 0.4) is 0 Å². The second kappa shape index (κ2) is 5.34. The smallest absolute Gasteiger partial charge is 0.242 e. The Bertz CT molecular complexity index is 797. The average molecular weight is 365 g/mol. The number of benzene rings is 1. The number of carbonyl (C=O) groups is 2. The molecule has 0 bridgehead atoms. The van der Waals surface area contributed by atoms with Gasteiger partial charge in [0.05, 0.1) is 12.0 Å². The largest absolute Gasteiger partial charge is 0.347 e. The molecule has 0 radical (unpaired) electrons. The van der Waals surface area contributed by atoms with E-state index in [1.165, 1.54) is 18.4 Å². The minimum absolute atomic E-state index is 0.0464. The number of piperazine rings is 1. The molecule has 5 nitrogen and oxygen atoms in total.